The van der Waals surface area contributed by atoms with Crippen LogP contribution in [0.5, 0.6) is 0 Å². The van der Waals surface area contributed by atoms with E-state index in [1.807, 2.05) is 0 Å². The number of imide groups is 1. The van der Waals surface area contributed by atoms with Crippen molar-refractivity contribution in [3.8, 4) is 0 Å². The second-order valence-electron chi connectivity index (χ2n) is 8.81. The molecule has 11 nitrogen and oxygen atoms in total. The highest BCUT2D eigenvalue weighted by Gasteiger charge is 2.61. The Morgan fingerprint density at radius 3 is 2.91 bits per heavy atom. The minimum Gasteiger partial charge on any atom is -0.337 e. The SMILES string of the molecule is O=CN(O)C[C@H]1CC2CCCC23CC[C@@H](C(=O)NC(=O)NCCc2cnccn2)N3C1=O. The Hall–Kier alpha value is -3.08. The smallest absolute Gasteiger partial charge is 0.321 e. The van der Waals surface area contributed by atoms with Crippen molar-refractivity contribution in [2.24, 2.45) is 11.8 Å². The Balaban J connectivity index is 1.39. The van der Waals surface area contributed by atoms with E-state index in [1.165, 1.54) is 0 Å². The van der Waals surface area contributed by atoms with Crippen LogP contribution in [0.4, 0.5) is 4.79 Å². The predicted molar refractivity (Wildman–Crippen MR) is 110 cm³/mol. The van der Waals surface area contributed by atoms with Gasteiger partial charge in [-0.3, -0.25) is 34.9 Å². The van der Waals surface area contributed by atoms with Crippen molar-refractivity contribution in [3.63, 3.8) is 0 Å². The second-order valence-corrected chi connectivity index (χ2v) is 8.81. The zero-order chi connectivity index (χ0) is 22.7. The van der Waals surface area contributed by atoms with E-state index >= 15 is 0 Å². The fraction of sp³-hybridized carbons (Fsp3) is 0.619. The third-order valence-electron chi connectivity index (χ3n) is 7.07. The largest absolute Gasteiger partial charge is 0.337 e. The van der Waals surface area contributed by atoms with Crippen molar-refractivity contribution < 1.29 is 24.4 Å². The molecule has 3 fully saturated rings. The number of hydrogen-bond acceptors (Lipinski definition) is 7. The fourth-order valence-electron chi connectivity index (χ4n) is 5.74. The summed E-state index contributed by atoms with van der Waals surface area (Å²) in [7, 11) is 0. The van der Waals surface area contributed by atoms with Gasteiger partial charge in [-0.1, -0.05) is 6.42 Å². The number of hydroxylamine groups is 2. The zero-order valence-corrected chi connectivity index (χ0v) is 17.8. The lowest BCUT2D eigenvalue weighted by molar-refractivity contribution is -0.166. The van der Waals surface area contributed by atoms with Crippen LogP contribution >= 0.6 is 0 Å². The maximum atomic E-state index is 13.3. The highest BCUT2D eigenvalue weighted by Crippen LogP contribution is 2.54. The molecule has 2 saturated heterocycles. The van der Waals surface area contributed by atoms with Crippen LogP contribution in [-0.4, -0.2) is 74.1 Å². The van der Waals surface area contributed by atoms with Gasteiger partial charge in [-0.25, -0.2) is 9.86 Å². The van der Waals surface area contributed by atoms with E-state index in [2.05, 4.69) is 20.6 Å². The number of carbonyl (C=O) groups excluding carboxylic acids is 4. The molecule has 4 atom stereocenters. The summed E-state index contributed by atoms with van der Waals surface area (Å²) in [6.07, 6.45) is 10.1. The van der Waals surface area contributed by atoms with Crippen molar-refractivity contribution in [1.82, 2.24) is 30.6 Å². The molecule has 1 aliphatic carbocycles. The predicted octanol–water partition coefficient (Wildman–Crippen LogP) is 0.242. The van der Waals surface area contributed by atoms with Gasteiger partial charge in [0.2, 0.25) is 12.3 Å². The first-order valence-corrected chi connectivity index (χ1v) is 11.0. The molecule has 3 N–H and O–H groups in total. The maximum Gasteiger partial charge on any atom is 0.321 e. The van der Waals surface area contributed by atoms with Gasteiger partial charge >= 0.3 is 6.03 Å². The van der Waals surface area contributed by atoms with Crippen molar-refractivity contribution in [2.75, 3.05) is 13.1 Å². The molecule has 172 valence electrons. The lowest BCUT2D eigenvalue weighted by atomic mass is 9.74. The third-order valence-corrected chi connectivity index (χ3v) is 7.07. The van der Waals surface area contributed by atoms with Gasteiger partial charge in [0.1, 0.15) is 6.04 Å². The van der Waals surface area contributed by atoms with E-state index in [1.54, 1.807) is 23.5 Å². The minimum absolute atomic E-state index is 0.0946. The number of nitrogens with one attached hydrogen (secondary N) is 2. The first-order valence-electron chi connectivity index (χ1n) is 11.0. The number of rotatable bonds is 7. The number of nitrogens with zero attached hydrogens (tertiary/aromatic N) is 4. The molecule has 2 unspecified atom stereocenters. The van der Waals surface area contributed by atoms with Crippen LogP contribution in [0, 0.1) is 11.8 Å². The summed E-state index contributed by atoms with van der Waals surface area (Å²) < 4.78 is 0. The molecule has 4 rings (SSSR count). The Bertz CT molecular complexity index is 883. The number of piperidine rings is 1. The summed E-state index contributed by atoms with van der Waals surface area (Å²) in [4.78, 5) is 59.1. The quantitative estimate of drug-likeness (QED) is 0.310. The summed E-state index contributed by atoms with van der Waals surface area (Å²) in [5.41, 5.74) is 0.363. The molecule has 32 heavy (non-hydrogen) atoms. The van der Waals surface area contributed by atoms with Crippen LogP contribution in [0.25, 0.3) is 0 Å². The van der Waals surface area contributed by atoms with Crippen molar-refractivity contribution in [1.29, 1.82) is 0 Å². The first kappa shape index (κ1) is 22.1. The normalized spacial score (nSPS) is 28.6. The Labute approximate surface area is 185 Å². The van der Waals surface area contributed by atoms with Crippen LogP contribution < -0.4 is 10.6 Å². The van der Waals surface area contributed by atoms with E-state index in [0.717, 1.165) is 31.4 Å². The molecule has 0 bridgehead atoms. The van der Waals surface area contributed by atoms with Crippen molar-refractivity contribution >= 4 is 24.3 Å². The molecule has 5 amide bonds. The summed E-state index contributed by atoms with van der Waals surface area (Å²) in [6.45, 7) is 0.194. The maximum absolute atomic E-state index is 13.3. The zero-order valence-electron chi connectivity index (χ0n) is 17.8. The van der Waals surface area contributed by atoms with Crippen LogP contribution in [-0.2, 0) is 20.8 Å². The summed E-state index contributed by atoms with van der Waals surface area (Å²) >= 11 is 0. The monoisotopic (exact) mass is 444 g/mol. The van der Waals surface area contributed by atoms with E-state index < -0.39 is 23.9 Å². The molecular formula is C21H28N6O5. The lowest BCUT2D eigenvalue weighted by Gasteiger charge is -2.49. The summed E-state index contributed by atoms with van der Waals surface area (Å²) in [6, 6.07) is -1.36. The van der Waals surface area contributed by atoms with Gasteiger partial charge in [0.15, 0.2) is 0 Å². The van der Waals surface area contributed by atoms with Crippen molar-refractivity contribution in [2.45, 2.75) is 56.5 Å². The Kier molecular flexibility index (Phi) is 6.35. The highest BCUT2D eigenvalue weighted by atomic mass is 16.5. The summed E-state index contributed by atoms with van der Waals surface area (Å²) in [5.74, 6) is -1.07. The van der Waals surface area contributed by atoms with E-state index in [9.17, 15) is 24.4 Å². The molecule has 2 aliphatic heterocycles. The fourth-order valence-corrected chi connectivity index (χ4v) is 5.74. The average molecular weight is 444 g/mol. The van der Waals surface area contributed by atoms with Gasteiger partial charge in [0.05, 0.1) is 18.2 Å². The minimum atomic E-state index is -0.736. The second kappa shape index (κ2) is 9.19. The number of amides is 5. The van der Waals surface area contributed by atoms with E-state index in [4.69, 9.17) is 0 Å². The van der Waals surface area contributed by atoms with Gasteiger partial charge in [0, 0.05) is 37.1 Å². The molecule has 1 spiro atoms. The first-order chi connectivity index (χ1) is 15.4. The molecule has 0 radical (unpaired) electrons. The van der Waals surface area contributed by atoms with Gasteiger partial charge in [0.25, 0.3) is 5.91 Å². The molecule has 11 heteroatoms. The van der Waals surface area contributed by atoms with Gasteiger partial charge < -0.3 is 10.2 Å². The van der Waals surface area contributed by atoms with E-state index in [-0.39, 0.29) is 36.9 Å². The topological polar surface area (TPSA) is 145 Å². The number of urea groups is 1. The van der Waals surface area contributed by atoms with Crippen LogP contribution in [0.15, 0.2) is 18.6 Å². The molecule has 1 aromatic heterocycles. The molecule has 1 aromatic rings. The standard InChI is InChI=1S/C21H28N6O5/c28-13-26(32)12-14-10-15-2-1-5-21(15)6-3-17(27(21)19(14)30)18(29)25-20(31)24-7-4-16-11-22-8-9-23-16/h8-9,11,13-15,17,32H,1-7,10,12H2,(H2,24,25,29,31)/t14-,15?,17+,21?/m1/s1. The average Bonchev–Trinajstić information content (AvgIpc) is 3.38. The lowest BCUT2D eigenvalue weighted by Crippen LogP contribution is -2.63. The number of aromatic nitrogens is 2. The number of carbonyl (C=O) groups is 4. The van der Waals surface area contributed by atoms with Crippen LogP contribution in [0.1, 0.15) is 44.2 Å². The molecular weight excluding hydrogens is 416 g/mol. The molecule has 3 aliphatic rings. The van der Waals surface area contributed by atoms with Crippen molar-refractivity contribution in [3.05, 3.63) is 24.3 Å². The van der Waals surface area contributed by atoms with Gasteiger partial charge in [-0.05, 0) is 38.0 Å². The van der Waals surface area contributed by atoms with Crippen LogP contribution in [0.2, 0.25) is 0 Å². The number of hydrogen-bond donors (Lipinski definition) is 3. The third kappa shape index (κ3) is 4.16. The van der Waals surface area contributed by atoms with Crippen LogP contribution in [0.3, 0.4) is 0 Å². The van der Waals surface area contributed by atoms with Gasteiger partial charge in [-0.15, -0.1) is 0 Å². The molecule has 0 aromatic carbocycles. The van der Waals surface area contributed by atoms with Gasteiger partial charge in [-0.2, -0.15) is 0 Å². The van der Waals surface area contributed by atoms with E-state index in [0.29, 0.717) is 24.3 Å². The summed E-state index contributed by atoms with van der Waals surface area (Å²) in [5, 5.41) is 15.1. The highest BCUT2D eigenvalue weighted by molar-refractivity contribution is 5.99. The molecule has 3 heterocycles. The Morgan fingerprint density at radius 1 is 1.31 bits per heavy atom. The Morgan fingerprint density at radius 2 is 2.16 bits per heavy atom. The molecule has 1 saturated carbocycles.